The van der Waals surface area contributed by atoms with Gasteiger partial charge in [-0.2, -0.15) is 8.42 Å². The molecule has 1 aromatic carbocycles. The predicted molar refractivity (Wildman–Crippen MR) is 94.4 cm³/mol. The van der Waals surface area contributed by atoms with Gasteiger partial charge in [0.2, 0.25) is 0 Å². The third kappa shape index (κ3) is 5.77. The SMILES string of the molecule is O=C(O)C(c1ccccc1Cl)N1CCc2sccc2C1.O=S(=O)(O)O. The van der Waals surface area contributed by atoms with E-state index in [4.69, 9.17) is 29.1 Å². The van der Waals surface area contributed by atoms with Gasteiger partial charge in [-0.25, -0.2) is 0 Å². The fraction of sp³-hybridized carbons (Fsp3) is 0.267. The highest BCUT2D eigenvalue weighted by Gasteiger charge is 2.31. The molecule has 1 aliphatic rings. The topological polar surface area (TPSA) is 115 Å². The molecule has 1 aromatic heterocycles. The van der Waals surface area contributed by atoms with Gasteiger partial charge < -0.3 is 5.11 Å². The second-order valence-corrected chi connectivity index (χ2v) is 7.60. The molecule has 0 radical (unpaired) electrons. The summed E-state index contributed by atoms with van der Waals surface area (Å²) in [5.41, 5.74) is 1.90. The van der Waals surface area contributed by atoms with E-state index in [-0.39, 0.29) is 0 Å². The molecule has 10 heteroatoms. The van der Waals surface area contributed by atoms with Crippen molar-refractivity contribution in [3.05, 3.63) is 56.7 Å². The second-order valence-electron chi connectivity index (χ2n) is 5.30. The van der Waals surface area contributed by atoms with Gasteiger partial charge in [-0.05, 0) is 35.1 Å². The number of thiophene rings is 1. The van der Waals surface area contributed by atoms with Crippen LogP contribution in [0.25, 0.3) is 0 Å². The molecule has 0 spiro atoms. The first-order valence-electron chi connectivity index (χ1n) is 7.13. The van der Waals surface area contributed by atoms with E-state index in [1.54, 1.807) is 23.5 Å². The zero-order valence-corrected chi connectivity index (χ0v) is 15.3. The number of benzene rings is 1. The molecule has 136 valence electrons. The van der Waals surface area contributed by atoms with E-state index < -0.39 is 22.4 Å². The lowest BCUT2D eigenvalue weighted by Gasteiger charge is -2.32. The summed E-state index contributed by atoms with van der Waals surface area (Å²) in [5.74, 6) is -0.850. The number of carboxylic acid groups (broad SMARTS) is 1. The smallest absolute Gasteiger partial charge is 0.394 e. The highest BCUT2D eigenvalue weighted by molar-refractivity contribution is 7.79. The van der Waals surface area contributed by atoms with Gasteiger partial charge >= 0.3 is 16.4 Å². The molecule has 1 aliphatic heterocycles. The van der Waals surface area contributed by atoms with E-state index in [1.807, 2.05) is 17.0 Å². The van der Waals surface area contributed by atoms with Crippen molar-refractivity contribution >= 4 is 39.3 Å². The maximum absolute atomic E-state index is 11.7. The predicted octanol–water partition coefficient (Wildman–Crippen LogP) is 2.93. The lowest BCUT2D eigenvalue weighted by molar-refractivity contribution is -0.144. The minimum absolute atomic E-state index is 0.510. The lowest BCUT2D eigenvalue weighted by atomic mass is 10.0. The molecule has 1 atom stereocenters. The van der Waals surface area contributed by atoms with E-state index in [9.17, 15) is 9.90 Å². The maximum atomic E-state index is 11.7. The highest BCUT2D eigenvalue weighted by atomic mass is 35.5. The number of hydrogen-bond acceptors (Lipinski definition) is 5. The average molecular weight is 406 g/mol. The number of hydrogen-bond donors (Lipinski definition) is 3. The number of rotatable bonds is 3. The summed E-state index contributed by atoms with van der Waals surface area (Å²) < 4.78 is 31.6. The summed E-state index contributed by atoms with van der Waals surface area (Å²) >= 11 is 7.92. The third-order valence-electron chi connectivity index (χ3n) is 3.64. The molecule has 7 nitrogen and oxygen atoms in total. The zero-order valence-electron chi connectivity index (χ0n) is 12.9. The van der Waals surface area contributed by atoms with Crippen LogP contribution in [0.2, 0.25) is 5.02 Å². The fourth-order valence-electron chi connectivity index (χ4n) is 2.67. The van der Waals surface area contributed by atoms with Gasteiger partial charge in [0.1, 0.15) is 6.04 Å². The Hall–Kier alpha value is -1.49. The van der Waals surface area contributed by atoms with Crippen molar-refractivity contribution in [1.82, 2.24) is 4.90 Å². The zero-order chi connectivity index (χ0) is 18.6. The number of nitrogens with zero attached hydrogens (tertiary/aromatic N) is 1. The molecule has 0 amide bonds. The van der Waals surface area contributed by atoms with Gasteiger partial charge in [0.15, 0.2) is 0 Å². The van der Waals surface area contributed by atoms with Crippen molar-refractivity contribution in [3.63, 3.8) is 0 Å². The molecular formula is C15H16ClNO6S2. The first-order chi connectivity index (χ1) is 11.7. The fourth-order valence-corrected chi connectivity index (χ4v) is 3.80. The standard InChI is InChI=1S/C15H14ClNO2S.H2O4S/c16-12-4-2-1-3-11(12)14(15(18)19)17-7-5-13-10(9-17)6-8-20-13;1-5(2,3)4/h1-4,6,8,14H,5,7,9H2,(H,18,19);(H2,1,2,3,4). The third-order valence-corrected chi connectivity index (χ3v) is 5.00. The van der Waals surface area contributed by atoms with Gasteiger partial charge in [-0.3, -0.25) is 18.8 Å². The van der Waals surface area contributed by atoms with Crippen molar-refractivity contribution in [3.8, 4) is 0 Å². The Morgan fingerprint density at radius 1 is 1.24 bits per heavy atom. The quantitative estimate of drug-likeness (QED) is 0.672. The van der Waals surface area contributed by atoms with Gasteiger partial charge in [0.05, 0.1) is 0 Å². The molecule has 0 aliphatic carbocycles. The van der Waals surface area contributed by atoms with Crippen LogP contribution in [-0.4, -0.2) is 40.0 Å². The number of carboxylic acids is 1. The van der Waals surface area contributed by atoms with E-state index in [1.165, 1.54) is 10.4 Å². The molecule has 1 unspecified atom stereocenters. The molecule has 3 rings (SSSR count). The molecule has 0 bridgehead atoms. The van der Waals surface area contributed by atoms with Crippen LogP contribution in [0.1, 0.15) is 22.0 Å². The summed E-state index contributed by atoms with van der Waals surface area (Å²) in [6, 6.07) is 8.58. The van der Waals surface area contributed by atoms with E-state index in [0.717, 1.165) is 13.0 Å². The second kappa shape index (κ2) is 8.26. The van der Waals surface area contributed by atoms with E-state index in [0.29, 0.717) is 17.1 Å². The summed E-state index contributed by atoms with van der Waals surface area (Å²) in [6.07, 6.45) is 0.904. The van der Waals surface area contributed by atoms with Crippen molar-refractivity contribution in [1.29, 1.82) is 0 Å². The normalized spacial score (nSPS) is 15.6. The minimum Gasteiger partial charge on any atom is -0.480 e. The molecule has 0 saturated heterocycles. The molecule has 0 fully saturated rings. The monoisotopic (exact) mass is 405 g/mol. The van der Waals surface area contributed by atoms with Gasteiger partial charge in [0, 0.05) is 23.0 Å². The van der Waals surface area contributed by atoms with Gasteiger partial charge in [0.25, 0.3) is 0 Å². The van der Waals surface area contributed by atoms with Crippen LogP contribution >= 0.6 is 22.9 Å². The molecule has 3 N–H and O–H groups in total. The molecule has 0 saturated carbocycles. The number of halogens is 1. The summed E-state index contributed by atoms with van der Waals surface area (Å²) in [5, 5.41) is 12.2. The first-order valence-corrected chi connectivity index (χ1v) is 9.78. The van der Waals surface area contributed by atoms with Crippen LogP contribution in [-0.2, 0) is 28.2 Å². The Balaban J connectivity index is 0.000000399. The Bertz CT molecular complexity index is 843. The number of carbonyl (C=O) groups is 1. The van der Waals surface area contributed by atoms with Gasteiger partial charge in [-0.1, -0.05) is 29.8 Å². The Kier molecular flexibility index (Phi) is 6.55. The summed E-state index contributed by atoms with van der Waals surface area (Å²) in [7, 11) is -4.67. The molecule has 25 heavy (non-hydrogen) atoms. The molecular weight excluding hydrogens is 390 g/mol. The van der Waals surface area contributed by atoms with Crippen molar-refractivity contribution < 1.29 is 27.4 Å². The largest absolute Gasteiger partial charge is 0.480 e. The Labute approximate surface area is 154 Å². The molecule has 2 aromatic rings. The van der Waals surface area contributed by atoms with Crippen molar-refractivity contribution in [2.75, 3.05) is 6.54 Å². The first kappa shape index (κ1) is 19.8. The number of aliphatic carboxylic acids is 1. The van der Waals surface area contributed by atoms with Crippen LogP contribution in [0.4, 0.5) is 0 Å². The maximum Gasteiger partial charge on any atom is 0.394 e. The van der Waals surface area contributed by atoms with E-state index in [2.05, 4.69) is 11.4 Å². The van der Waals surface area contributed by atoms with Crippen LogP contribution in [0.3, 0.4) is 0 Å². The van der Waals surface area contributed by atoms with Crippen LogP contribution in [0.15, 0.2) is 35.7 Å². The van der Waals surface area contributed by atoms with Crippen LogP contribution < -0.4 is 0 Å². The highest BCUT2D eigenvalue weighted by Crippen LogP contribution is 2.33. The summed E-state index contributed by atoms with van der Waals surface area (Å²) in [6.45, 7) is 1.41. The van der Waals surface area contributed by atoms with Gasteiger partial charge in [-0.15, -0.1) is 11.3 Å². The number of fused-ring (bicyclic) bond motifs is 1. The van der Waals surface area contributed by atoms with Crippen molar-refractivity contribution in [2.24, 2.45) is 0 Å². The minimum atomic E-state index is -4.67. The Morgan fingerprint density at radius 2 is 1.88 bits per heavy atom. The lowest BCUT2D eigenvalue weighted by Crippen LogP contribution is -2.37. The Morgan fingerprint density at radius 3 is 2.48 bits per heavy atom. The van der Waals surface area contributed by atoms with E-state index >= 15 is 0 Å². The van der Waals surface area contributed by atoms with Crippen molar-refractivity contribution in [2.45, 2.75) is 19.0 Å². The van der Waals surface area contributed by atoms with Crippen LogP contribution in [0.5, 0.6) is 0 Å². The average Bonchev–Trinajstić information content (AvgIpc) is 2.95. The van der Waals surface area contributed by atoms with Crippen LogP contribution in [0, 0.1) is 0 Å². The summed E-state index contributed by atoms with van der Waals surface area (Å²) in [4.78, 5) is 15.1. The molecule has 2 heterocycles.